The van der Waals surface area contributed by atoms with Crippen molar-refractivity contribution in [2.45, 2.75) is 17.1 Å². The first-order chi connectivity index (χ1) is 13.9. The number of alkyl halides is 3. The van der Waals surface area contributed by atoms with Crippen LogP contribution >= 0.6 is 11.8 Å². The number of H-pyrrole nitrogens is 1. The Morgan fingerprint density at radius 3 is 2.66 bits per heavy atom. The highest BCUT2D eigenvalue weighted by atomic mass is 32.2. The highest BCUT2D eigenvalue weighted by Crippen LogP contribution is 2.29. The van der Waals surface area contributed by atoms with Crippen LogP contribution < -0.4 is 5.32 Å². The second-order valence-electron chi connectivity index (χ2n) is 5.84. The molecule has 2 N–H and O–H groups in total. The second kappa shape index (κ2) is 9.30. The van der Waals surface area contributed by atoms with Crippen molar-refractivity contribution in [2.75, 3.05) is 6.54 Å². The van der Waals surface area contributed by atoms with Crippen LogP contribution in [0.2, 0.25) is 0 Å². The molecule has 3 aromatic rings. The quantitative estimate of drug-likeness (QED) is 0.489. The van der Waals surface area contributed by atoms with Gasteiger partial charge in [0, 0.05) is 16.9 Å². The van der Waals surface area contributed by atoms with Crippen molar-refractivity contribution in [2.24, 2.45) is 0 Å². The van der Waals surface area contributed by atoms with E-state index >= 15 is 0 Å². The molecular weight excluding hydrogens is 401 g/mol. The summed E-state index contributed by atoms with van der Waals surface area (Å²) in [5.74, 6) is 5.65. The number of nitrogens with one attached hydrogen (secondary N) is 2. The number of aromatic amines is 1. The highest BCUT2D eigenvalue weighted by Gasteiger charge is 2.30. The number of benzene rings is 2. The van der Waals surface area contributed by atoms with Crippen LogP contribution in [-0.4, -0.2) is 27.6 Å². The Morgan fingerprint density at radius 2 is 1.97 bits per heavy atom. The van der Waals surface area contributed by atoms with Gasteiger partial charge in [0.2, 0.25) is 0 Å². The Labute approximate surface area is 169 Å². The minimum absolute atomic E-state index is 0.0260. The number of hydrogen-bond donors (Lipinski definition) is 2. The molecule has 0 spiro atoms. The Kier molecular flexibility index (Phi) is 6.57. The van der Waals surface area contributed by atoms with Crippen molar-refractivity contribution in [1.29, 1.82) is 0 Å². The molecule has 148 valence electrons. The largest absolute Gasteiger partial charge is 0.416 e. The molecule has 3 rings (SSSR count). The van der Waals surface area contributed by atoms with Crippen LogP contribution in [0.25, 0.3) is 0 Å². The number of carbonyl (C=O) groups excluding carboxylic acids is 1. The smallest absolute Gasteiger partial charge is 0.341 e. The van der Waals surface area contributed by atoms with Gasteiger partial charge in [-0.25, -0.2) is 4.98 Å². The number of amides is 1. The number of thioether (sulfide) groups is 1. The Hall–Kier alpha value is -3.25. The molecule has 2 aromatic carbocycles. The van der Waals surface area contributed by atoms with Crippen LogP contribution in [0.4, 0.5) is 13.2 Å². The van der Waals surface area contributed by atoms with Gasteiger partial charge in [-0.15, -0.1) is 0 Å². The van der Waals surface area contributed by atoms with Gasteiger partial charge in [0.25, 0.3) is 5.91 Å². The Bertz CT molecular complexity index is 1020. The molecule has 0 aliphatic rings. The van der Waals surface area contributed by atoms with Crippen molar-refractivity contribution in [3.8, 4) is 11.8 Å². The maximum absolute atomic E-state index is 12.7. The second-order valence-corrected chi connectivity index (χ2v) is 6.80. The summed E-state index contributed by atoms with van der Waals surface area (Å²) < 4.78 is 38.1. The van der Waals surface area contributed by atoms with E-state index in [0.717, 1.165) is 17.7 Å². The standard InChI is InChI=1S/C20H15F3N4OS/c21-20(22,23)17-5-1-3-14(11-17)4-2-10-24-18(28)16-8-6-15(7-9-16)12-29-19-25-13-26-27-19/h1,3,5-9,11,13H,10,12H2,(H,24,28)(H,25,26,27). The average molecular weight is 416 g/mol. The molecule has 0 saturated carbocycles. The molecule has 0 aliphatic carbocycles. The third-order valence-electron chi connectivity index (χ3n) is 3.74. The first kappa shape index (κ1) is 20.5. The molecule has 1 aromatic heterocycles. The molecule has 0 bridgehead atoms. The molecule has 0 saturated heterocycles. The summed E-state index contributed by atoms with van der Waals surface area (Å²) in [6.07, 6.45) is -2.98. The molecule has 0 unspecified atom stereocenters. The molecule has 29 heavy (non-hydrogen) atoms. The van der Waals surface area contributed by atoms with E-state index in [9.17, 15) is 18.0 Å². The molecule has 9 heteroatoms. The van der Waals surface area contributed by atoms with Gasteiger partial charge in [-0.1, -0.05) is 41.8 Å². The van der Waals surface area contributed by atoms with Crippen LogP contribution in [0.1, 0.15) is 27.0 Å². The minimum Gasteiger partial charge on any atom is -0.341 e. The summed E-state index contributed by atoms with van der Waals surface area (Å²) in [5.41, 5.74) is 0.976. The lowest BCUT2D eigenvalue weighted by molar-refractivity contribution is -0.137. The number of carbonyl (C=O) groups is 1. The van der Waals surface area contributed by atoms with Crippen molar-refractivity contribution in [1.82, 2.24) is 20.5 Å². The average Bonchev–Trinajstić information content (AvgIpc) is 3.23. The SMILES string of the molecule is O=C(NCC#Cc1cccc(C(F)(F)F)c1)c1ccc(CSc2ncn[nH]2)cc1. The maximum atomic E-state index is 12.7. The zero-order valence-electron chi connectivity index (χ0n) is 15.0. The van der Waals surface area contributed by atoms with Crippen molar-refractivity contribution in [3.63, 3.8) is 0 Å². The van der Waals surface area contributed by atoms with Gasteiger partial charge in [-0.2, -0.15) is 18.3 Å². The fourth-order valence-electron chi connectivity index (χ4n) is 2.31. The van der Waals surface area contributed by atoms with Crippen molar-refractivity contribution < 1.29 is 18.0 Å². The van der Waals surface area contributed by atoms with E-state index in [1.807, 2.05) is 12.1 Å². The number of rotatable bonds is 5. The molecule has 1 amide bonds. The predicted octanol–water partition coefficient (Wildman–Crippen LogP) is 3.90. The van der Waals surface area contributed by atoms with E-state index in [1.165, 1.54) is 30.2 Å². The lowest BCUT2D eigenvalue weighted by atomic mass is 10.1. The molecule has 0 atom stereocenters. The van der Waals surface area contributed by atoms with Crippen LogP contribution in [-0.2, 0) is 11.9 Å². The maximum Gasteiger partial charge on any atom is 0.416 e. The van der Waals surface area contributed by atoms with E-state index < -0.39 is 11.7 Å². The van der Waals surface area contributed by atoms with Gasteiger partial charge < -0.3 is 5.32 Å². The first-order valence-electron chi connectivity index (χ1n) is 8.43. The number of hydrogen-bond acceptors (Lipinski definition) is 4. The van der Waals surface area contributed by atoms with Crippen LogP contribution in [0, 0.1) is 11.8 Å². The molecule has 1 heterocycles. The first-order valence-corrected chi connectivity index (χ1v) is 9.42. The fraction of sp³-hybridized carbons (Fsp3) is 0.150. The monoisotopic (exact) mass is 416 g/mol. The Morgan fingerprint density at radius 1 is 1.17 bits per heavy atom. The van der Waals surface area contributed by atoms with Crippen molar-refractivity contribution >= 4 is 17.7 Å². The van der Waals surface area contributed by atoms with Gasteiger partial charge >= 0.3 is 6.18 Å². The van der Waals surface area contributed by atoms with Gasteiger partial charge in [0.1, 0.15) is 6.33 Å². The summed E-state index contributed by atoms with van der Waals surface area (Å²) >= 11 is 1.49. The number of nitrogens with zero attached hydrogens (tertiary/aromatic N) is 2. The molecule has 0 radical (unpaired) electrons. The minimum atomic E-state index is -4.41. The summed E-state index contributed by atoms with van der Waals surface area (Å²) in [4.78, 5) is 16.2. The lowest BCUT2D eigenvalue weighted by Gasteiger charge is -2.06. The molecule has 0 aliphatic heterocycles. The normalized spacial score (nSPS) is 10.9. The molecule has 0 fully saturated rings. The topological polar surface area (TPSA) is 70.7 Å². The fourth-order valence-corrected chi connectivity index (χ4v) is 3.05. The zero-order chi connectivity index (χ0) is 20.7. The zero-order valence-corrected chi connectivity index (χ0v) is 15.8. The summed E-state index contributed by atoms with van der Waals surface area (Å²) in [6, 6.07) is 11.8. The van der Waals surface area contributed by atoms with Crippen LogP contribution in [0.3, 0.4) is 0 Å². The van der Waals surface area contributed by atoms with Gasteiger partial charge in [-0.3, -0.25) is 9.89 Å². The van der Waals surface area contributed by atoms with Gasteiger partial charge in [0.15, 0.2) is 5.16 Å². The third kappa shape index (κ3) is 6.12. The molecular formula is C20H15F3N4OS. The van der Waals surface area contributed by atoms with Crippen LogP contribution in [0.5, 0.6) is 0 Å². The summed E-state index contributed by atoms with van der Waals surface area (Å²) in [6.45, 7) is 0.0260. The number of halogens is 3. The predicted molar refractivity (Wildman–Crippen MR) is 103 cm³/mol. The van der Waals surface area contributed by atoms with Crippen molar-refractivity contribution in [3.05, 3.63) is 77.1 Å². The van der Waals surface area contributed by atoms with E-state index in [2.05, 4.69) is 32.3 Å². The van der Waals surface area contributed by atoms with E-state index in [1.54, 1.807) is 12.1 Å². The van der Waals surface area contributed by atoms with E-state index in [0.29, 0.717) is 16.5 Å². The number of aromatic nitrogens is 3. The van der Waals surface area contributed by atoms with Gasteiger partial charge in [0.05, 0.1) is 12.1 Å². The van der Waals surface area contributed by atoms with E-state index in [-0.39, 0.29) is 18.0 Å². The summed E-state index contributed by atoms with van der Waals surface area (Å²) in [5, 5.41) is 9.87. The lowest BCUT2D eigenvalue weighted by Crippen LogP contribution is -2.23. The highest BCUT2D eigenvalue weighted by molar-refractivity contribution is 7.98. The van der Waals surface area contributed by atoms with E-state index in [4.69, 9.17) is 0 Å². The Balaban J connectivity index is 1.50. The van der Waals surface area contributed by atoms with Crippen LogP contribution in [0.15, 0.2) is 60.0 Å². The molecule has 5 nitrogen and oxygen atoms in total. The summed E-state index contributed by atoms with van der Waals surface area (Å²) in [7, 11) is 0. The van der Waals surface area contributed by atoms with Gasteiger partial charge in [-0.05, 0) is 35.9 Å². The third-order valence-corrected chi connectivity index (χ3v) is 4.69.